The first kappa shape index (κ1) is 16.7. The topological polar surface area (TPSA) is 38.0 Å². The fourth-order valence-corrected chi connectivity index (χ4v) is 2.27. The zero-order valence-corrected chi connectivity index (χ0v) is 10.8. The fourth-order valence-electron chi connectivity index (χ4n) is 2.27. The third-order valence-corrected chi connectivity index (χ3v) is 3.08. The molecule has 0 saturated heterocycles. The average Bonchev–Trinajstić information content (AvgIpc) is 2.23. The molecular weight excluding hydrogens is 229 g/mol. The summed E-state index contributed by atoms with van der Waals surface area (Å²) in [5.74, 6) is 5.84. The Bertz CT molecular complexity index is 177. The highest BCUT2D eigenvalue weighted by molar-refractivity contribution is 4.74. The van der Waals surface area contributed by atoms with E-state index in [0.29, 0.717) is 12.3 Å². The molecule has 0 aromatic heterocycles. The van der Waals surface area contributed by atoms with Crippen LogP contribution in [-0.4, -0.2) is 12.2 Å². The molecule has 0 bridgehead atoms. The van der Waals surface area contributed by atoms with Gasteiger partial charge in [-0.3, -0.25) is 11.3 Å². The van der Waals surface area contributed by atoms with Crippen LogP contribution in [0.2, 0.25) is 0 Å². The molecule has 0 amide bonds. The number of nitrogens with two attached hydrogens (primary N) is 1. The SMILES string of the molecule is CCCC(CCC)C(CCCC(F)(F)F)NN. The van der Waals surface area contributed by atoms with E-state index >= 15 is 0 Å². The molecule has 1 unspecified atom stereocenters. The minimum absolute atomic E-state index is 0.0113. The van der Waals surface area contributed by atoms with Crippen molar-refractivity contribution < 1.29 is 13.2 Å². The van der Waals surface area contributed by atoms with Gasteiger partial charge in [-0.05, 0) is 31.6 Å². The highest BCUT2D eigenvalue weighted by Crippen LogP contribution is 2.26. The number of hydrazine groups is 1. The molecular formula is C12H25F3N2. The van der Waals surface area contributed by atoms with E-state index in [4.69, 9.17) is 5.84 Å². The number of hydrogen-bond donors (Lipinski definition) is 2. The van der Waals surface area contributed by atoms with Crippen molar-refractivity contribution in [2.75, 3.05) is 0 Å². The summed E-state index contributed by atoms with van der Waals surface area (Å²) in [5.41, 5.74) is 2.69. The van der Waals surface area contributed by atoms with Gasteiger partial charge in [0.25, 0.3) is 0 Å². The van der Waals surface area contributed by atoms with Crippen molar-refractivity contribution in [2.45, 2.75) is 71.0 Å². The van der Waals surface area contributed by atoms with E-state index in [1.54, 1.807) is 0 Å². The Morgan fingerprint density at radius 2 is 1.59 bits per heavy atom. The van der Waals surface area contributed by atoms with Crippen LogP contribution in [0.15, 0.2) is 0 Å². The summed E-state index contributed by atoms with van der Waals surface area (Å²) in [6.07, 6.45) is 0.0248. The van der Waals surface area contributed by atoms with Crippen LogP contribution in [0.25, 0.3) is 0 Å². The van der Waals surface area contributed by atoms with E-state index in [-0.39, 0.29) is 12.5 Å². The summed E-state index contributed by atoms with van der Waals surface area (Å²) in [5, 5.41) is 0. The van der Waals surface area contributed by atoms with E-state index in [9.17, 15) is 13.2 Å². The molecule has 0 aliphatic heterocycles. The summed E-state index contributed by atoms with van der Waals surface area (Å²) in [7, 11) is 0. The summed E-state index contributed by atoms with van der Waals surface area (Å²) in [4.78, 5) is 0. The Morgan fingerprint density at radius 1 is 1.06 bits per heavy atom. The third kappa shape index (κ3) is 8.44. The van der Waals surface area contributed by atoms with Crippen molar-refractivity contribution in [3.05, 3.63) is 0 Å². The molecule has 104 valence electrons. The second kappa shape index (κ2) is 8.75. The molecule has 0 saturated carbocycles. The van der Waals surface area contributed by atoms with Crippen LogP contribution in [0, 0.1) is 5.92 Å². The van der Waals surface area contributed by atoms with Gasteiger partial charge in [0.15, 0.2) is 0 Å². The van der Waals surface area contributed by atoms with Gasteiger partial charge >= 0.3 is 6.18 Å². The lowest BCUT2D eigenvalue weighted by atomic mass is 9.88. The molecule has 0 aromatic carbocycles. The average molecular weight is 254 g/mol. The van der Waals surface area contributed by atoms with Crippen molar-refractivity contribution in [3.63, 3.8) is 0 Å². The van der Waals surface area contributed by atoms with Crippen molar-refractivity contribution >= 4 is 0 Å². The van der Waals surface area contributed by atoms with Crippen molar-refractivity contribution in [1.29, 1.82) is 0 Å². The molecule has 0 radical (unpaired) electrons. The van der Waals surface area contributed by atoms with Gasteiger partial charge in [-0.15, -0.1) is 0 Å². The van der Waals surface area contributed by atoms with Crippen LogP contribution in [-0.2, 0) is 0 Å². The molecule has 0 fully saturated rings. The minimum atomic E-state index is -4.05. The molecule has 0 aliphatic rings. The summed E-state index contributed by atoms with van der Waals surface area (Å²) in [6.45, 7) is 4.18. The van der Waals surface area contributed by atoms with Crippen LogP contribution < -0.4 is 11.3 Å². The maximum atomic E-state index is 12.1. The maximum Gasteiger partial charge on any atom is 0.389 e. The Morgan fingerprint density at radius 3 is 1.94 bits per heavy atom. The van der Waals surface area contributed by atoms with Gasteiger partial charge in [-0.2, -0.15) is 13.2 Å². The van der Waals surface area contributed by atoms with E-state index in [2.05, 4.69) is 19.3 Å². The molecule has 3 N–H and O–H groups in total. The smallest absolute Gasteiger partial charge is 0.271 e. The Balaban J connectivity index is 4.08. The lowest BCUT2D eigenvalue weighted by molar-refractivity contribution is -0.136. The van der Waals surface area contributed by atoms with Crippen LogP contribution in [0.4, 0.5) is 13.2 Å². The fraction of sp³-hybridized carbons (Fsp3) is 1.00. The summed E-state index contributed by atoms with van der Waals surface area (Å²) >= 11 is 0. The molecule has 5 heteroatoms. The van der Waals surface area contributed by atoms with E-state index in [0.717, 1.165) is 25.7 Å². The van der Waals surface area contributed by atoms with Crippen LogP contribution in [0.1, 0.15) is 58.8 Å². The van der Waals surface area contributed by atoms with Crippen LogP contribution in [0.5, 0.6) is 0 Å². The lowest BCUT2D eigenvalue weighted by Crippen LogP contribution is -2.41. The molecule has 0 aliphatic carbocycles. The van der Waals surface area contributed by atoms with Crippen LogP contribution >= 0.6 is 0 Å². The van der Waals surface area contributed by atoms with E-state index in [1.807, 2.05) is 0 Å². The Kier molecular flexibility index (Phi) is 8.60. The maximum absolute atomic E-state index is 12.1. The minimum Gasteiger partial charge on any atom is -0.271 e. The van der Waals surface area contributed by atoms with E-state index < -0.39 is 12.6 Å². The van der Waals surface area contributed by atoms with Gasteiger partial charge < -0.3 is 0 Å². The predicted molar refractivity (Wildman–Crippen MR) is 64.3 cm³/mol. The quantitative estimate of drug-likeness (QED) is 0.485. The second-order valence-corrected chi connectivity index (χ2v) is 4.62. The van der Waals surface area contributed by atoms with Gasteiger partial charge in [0.1, 0.15) is 0 Å². The van der Waals surface area contributed by atoms with Gasteiger partial charge in [0.2, 0.25) is 0 Å². The van der Waals surface area contributed by atoms with Gasteiger partial charge in [-0.25, -0.2) is 0 Å². The first-order valence-electron chi connectivity index (χ1n) is 6.47. The largest absolute Gasteiger partial charge is 0.389 e. The first-order valence-corrected chi connectivity index (χ1v) is 6.47. The van der Waals surface area contributed by atoms with Crippen molar-refractivity contribution in [1.82, 2.24) is 5.43 Å². The molecule has 0 spiro atoms. The monoisotopic (exact) mass is 254 g/mol. The molecule has 17 heavy (non-hydrogen) atoms. The molecule has 0 heterocycles. The normalized spacial score (nSPS) is 14.3. The summed E-state index contributed by atoms with van der Waals surface area (Å²) < 4.78 is 36.2. The first-order chi connectivity index (χ1) is 7.94. The molecule has 0 aromatic rings. The zero-order chi connectivity index (χ0) is 13.3. The summed E-state index contributed by atoms with van der Waals surface area (Å²) in [6, 6.07) is 0.0113. The van der Waals surface area contributed by atoms with Gasteiger partial charge in [0.05, 0.1) is 0 Å². The number of hydrogen-bond acceptors (Lipinski definition) is 2. The predicted octanol–water partition coefficient (Wildman–Crippen LogP) is 3.77. The number of rotatable bonds is 9. The number of halogens is 3. The molecule has 0 rings (SSSR count). The molecule has 1 atom stereocenters. The molecule has 2 nitrogen and oxygen atoms in total. The Labute approximate surface area is 102 Å². The highest BCUT2D eigenvalue weighted by Gasteiger charge is 2.27. The lowest BCUT2D eigenvalue weighted by Gasteiger charge is -2.26. The Hall–Kier alpha value is -0.290. The van der Waals surface area contributed by atoms with E-state index in [1.165, 1.54) is 0 Å². The highest BCUT2D eigenvalue weighted by atomic mass is 19.4. The second-order valence-electron chi connectivity index (χ2n) is 4.62. The standard InChI is InChI=1S/C12H25F3N2/c1-3-6-10(7-4-2)11(17-16)8-5-9-12(13,14)15/h10-11,17H,3-9,16H2,1-2H3. The van der Waals surface area contributed by atoms with Crippen LogP contribution in [0.3, 0.4) is 0 Å². The third-order valence-electron chi connectivity index (χ3n) is 3.08. The van der Waals surface area contributed by atoms with Crippen molar-refractivity contribution in [3.8, 4) is 0 Å². The van der Waals surface area contributed by atoms with Gasteiger partial charge in [-0.1, -0.05) is 26.7 Å². The number of alkyl halides is 3. The van der Waals surface area contributed by atoms with Gasteiger partial charge in [0, 0.05) is 12.5 Å². The van der Waals surface area contributed by atoms with Crippen molar-refractivity contribution in [2.24, 2.45) is 11.8 Å². The zero-order valence-electron chi connectivity index (χ0n) is 10.8. The number of nitrogens with one attached hydrogen (secondary N) is 1.